The molecule has 0 bridgehead atoms. The molecule has 1 aliphatic rings. The van der Waals surface area contributed by atoms with E-state index >= 15 is 0 Å². The number of nitrogens with two attached hydrogens (primary N) is 1. The van der Waals surface area contributed by atoms with Gasteiger partial charge in [0.1, 0.15) is 5.75 Å². The largest absolute Gasteiger partial charge is 0.496 e. The summed E-state index contributed by atoms with van der Waals surface area (Å²) in [6, 6.07) is 4.92. The molecule has 27 heavy (non-hydrogen) atoms. The quantitative estimate of drug-likeness (QED) is 0.758. The Morgan fingerprint density at radius 1 is 1.15 bits per heavy atom. The van der Waals surface area contributed by atoms with E-state index in [0.29, 0.717) is 60.2 Å². The zero-order valence-corrected chi connectivity index (χ0v) is 17.2. The summed E-state index contributed by atoms with van der Waals surface area (Å²) in [6.07, 6.45) is 0.715. The van der Waals surface area contributed by atoms with E-state index in [0.717, 1.165) is 0 Å². The van der Waals surface area contributed by atoms with Crippen molar-refractivity contribution in [2.75, 3.05) is 39.0 Å². The zero-order chi connectivity index (χ0) is 18.7. The molecule has 1 aromatic heterocycles. The van der Waals surface area contributed by atoms with Crippen LogP contribution >= 0.6 is 35.3 Å². The highest BCUT2D eigenvalue weighted by Crippen LogP contribution is 2.30. The molecule has 0 unspecified atom stereocenters. The Bertz CT molecular complexity index is 814. The maximum absolute atomic E-state index is 12.9. The van der Waals surface area contributed by atoms with Gasteiger partial charge in [-0.25, -0.2) is 0 Å². The van der Waals surface area contributed by atoms with Gasteiger partial charge < -0.3 is 20.3 Å². The molecule has 1 aromatic carbocycles. The topological polar surface area (TPSA) is 75.9 Å². The smallest absolute Gasteiger partial charge is 0.257 e. The summed E-state index contributed by atoms with van der Waals surface area (Å²) in [5, 5.41) is 4.05. The molecule has 1 aliphatic heterocycles. The second-order valence-corrected chi connectivity index (χ2v) is 7.21. The number of methoxy groups -OCH3 is 1. The molecule has 2 aromatic rings. The number of ether oxygens (including phenoxy) is 1. The number of hydrogen-bond acceptors (Lipinski definition) is 5. The predicted octanol–water partition coefficient (Wildman–Crippen LogP) is 3.40. The van der Waals surface area contributed by atoms with Crippen molar-refractivity contribution in [3.05, 3.63) is 45.1 Å². The number of amides is 2. The number of rotatable bonds is 3. The number of carbonyl (C=O) groups is 2. The van der Waals surface area contributed by atoms with Crippen molar-refractivity contribution < 1.29 is 14.3 Å². The zero-order valence-electron chi connectivity index (χ0n) is 14.8. The molecule has 9 heteroatoms. The van der Waals surface area contributed by atoms with E-state index in [-0.39, 0.29) is 24.2 Å². The van der Waals surface area contributed by atoms with E-state index in [4.69, 9.17) is 22.1 Å². The molecule has 146 valence electrons. The van der Waals surface area contributed by atoms with Gasteiger partial charge in [0.15, 0.2) is 0 Å². The summed E-state index contributed by atoms with van der Waals surface area (Å²) in [4.78, 5) is 29.0. The number of nitrogens with zero attached hydrogens (tertiary/aromatic N) is 2. The van der Waals surface area contributed by atoms with Gasteiger partial charge in [-0.05, 0) is 23.9 Å². The monoisotopic (exact) mass is 429 g/mol. The first kappa shape index (κ1) is 21.3. The third-order valence-corrected chi connectivity index (χ3v) is 5.40. The summed E-state index contributed by atoms with van der Waals surface area (Å²) >= 11 is 7.57. The average molecular weight is 430 g/mol. The molecule has 0 radical (unpaired) electrons. The van der Waals surface area contributed by atoms with Crippen LogP contribution in [0, 0.1) is 0 Å². The number of benzene rings is 1. The van der Waals surface area contributed by atoms with Crippen LogP contribution in [0.5, 0.6) is 5.75 Å². The summed E-state index contributed by atoms with van der Waals surface area (Å²) < 4.78 is 5.28. The fourth-order valence-electron chi connectivity index (χ4n) is 2.97. The van der Waals surface area contributed by atoms with Crippen molar-refractivity contribution in [3.8, 4) is 5.75 Å². The fourth-order valence-corrected chi connectivity index (χ4v) is 3.76. The number of anilines is 1. The third-order valence-electron chi connectivity index (χ3n) is 4.39. The molecule has 2 amide bonds. The van der Waals surface area contributed by atoms with Crippen LogP contribution in [0.15, 0.2) is 29.0 Å². The lowest BCUT2D eigenvalue weighted by molar-refractivity contribution is 0.0717. The Morgan fingerprint density at radius 3 is 2.41 bits per heavy atom. The first-order chi connectivity index (χ1) is 12.5. The van der Waals surface area contributed by atoms with Crippen LogP contribution in [0.1, 0.15) is 27.1 Å². The van der Waals surface area contributed by atoms with Gasteiger partial charge in [-0.15, -0.1) is 12.4 Å². The maximum Gasteiger partial charge on any atom is 0.257 e. The highest BCUT2D eigenvalue weighted by atomic mass is 35.5. The van der Waals surface area contributed by atoms with Crippen LogP contribution < -0.4 is 10.5 Å². The van der Waals surface area contributed by atoms with Crippen LogP contribution in [0.3, 0.4) is 0 Å². The van der Waals surface area contributed by atoms with E-state index in [1.54, 1.807) is 15.9 Å². The van der Waals surface area contributed by atoms with Gasteiger partial charge in [0.05, 0.1) is 28.9 Å². The lowest BCUT2D eigenvalue weighted by Gasteiger charge is -2.23. The minimum atomic E-state index is -0.173. The van der Waals surface area contributed by atoms with Gasteiger partial charge >= 0.3 is 0 Å². The molecule has 6 nitrogen and oxygen atoms in total. The highest BCUT2D eigenvalue weighted by molar-refractivity contribution is 7.08. The van der Waals surface area contributed by atoms with Crippen molar-refractivity contribution in [2.24, 2.45) is 0 Å². The minimum absolute atomic E-state index is 0. The second kappa shape index (κ2) is 9.30. The lowest BCUT2D eigenvalue weighted by atomic mass is 10.1. The first-order valence-corrected chi connectivity index (χ1v) is 9.57. The molecule has 3 rings (SSSR count). The summed E-state index contributed by atoms with van der Waals surface area (Å²) in [5.41, 5.74) is 7.23. The van der Waals surface area contributed by atoms with Crippen molar-refractivity contribution in [1.29, 1.82) is 0 Å². The van der Waals surface area contributed by atoms with Crippen molar-refractivity contribution in [2.45, 2.75) is 6.42 Å². The second-order valence-electron chi connectivity index (χ2n) is 6.02. The first-order valence-electron chi connectivity index (χ1n) is 8.25. The van der Waals surface area contributed by atoms with Gasteiger partial charge in [0.25, 0.3) is 11.8 Å². The Balaban J connectivity index is 0.00000261. The number of nitrogen functional groups attached to an aromatic ring is 1. The number of hydrogen-bond donors (Lipinski definition) is 1. The Kier molecular flexibility index (Phi) is 7.35. The molecule has 0 aliphatic carbocycles. The molecule has 2 heterocycles. The van der Waals surface area contributed by atoms with E-state index in [1.807, 2.05) is 16.8 Å². The van der Waals surface area contributed by atoms with E-state index in [2.05, 4.69) is 0 Å². The predicted molar refractivity (Wildman–Crippen MR) is 110 cm³/mol. The van der Waals surface area contributed by atoms with Gasteiger partial charge in [-0.1, -0.05) is 11.6 Å². The average Bonchev–Trinajstić information content (AvgIpc) is 3.07. The van der Waals surface area contributed by atoms with Crippen LogP contribution in [0.25, 0.3) is 0 Å². The van der Waals surface area contributed by atoms with Crippen molar-refractivity contribution in [3.63, 3.8) is 0 Å². The Morgan fingerprint density at radius 2 is 1.81 bits per heavy atom. The minimum Gasteiger partial charge on any atom is -0.496 e. The van der Waals surface area contributed by atoms with Gasteiger partial charge in [0.2, 0.25) is 0 Å². The number of thiophene rings is 1. The van der Waals surface area contributed by atoms with Crippen molar-refractivity contribution in [1.82, 2.24) is 9.80 Å². The molecule has 1 saturated heterocycles. The van der Waals surface area contributed by atoms with E-state index in [1.165, 1.54) is 24.5 Å². The lowest BCUT2D eigenvalue weighted by Crippen LogP contribution is -2.37. The van der Waals surface area contributed by atoms with Crippen LogP contribution in [0.4, 0.5) is 5.69 Å². The normalized spacial score (nSPS) is 14.3. The molecule has 0 spiro atoms. The van der Waals surface area contributed by atoms with Crippen LogP contribution in [0.2, 0.25) is 5.02 Å². The third kappa shape index (κ3) is 4.66. The maximum atomic E-state index is 12.9. The molecular formula is C18H21Cl2N3O3S. The highest BCUT2D eigenvalue weighted by Gasteiger charge is 2.26. The molecule has 1 fully saturated rings. The van der Waals surface area contributed by atoms with E-state index in [9.17, 15) is 9.59 Å². The summed E-state index contributed by atoms with van der Waals surface area (Å²) in [6.45, 7) is 2.14. The summed E-state index contributed by atoms with van der Waals surface area (Å²) in [5.74, 6) is 0.231. The molecule has 0 atom stereocenters. The molecule has 0 saturated carbocycles. The summed E-state index contributed by atoms with van der Waals surface area (Å²) in [7, 11) is 1.49. The SMILES string of the molecule is COc1cc(N)c(Cl)cc1C(=O)N1CCCN(C(=O)c2ccsc2)CC1.Cl. The fraction of sp³-hybridized carbons (Fsp3) is 0.333. The Labute approximate surface area is 173 Å². The van der Waals surface area contributed by atoms with E-state index < -0.39 is 0 Å². The molecular weight excluding hydrogens is 409 g/mol. The van der Waals surface area contributed by atoms with Gasteiger partial charge in [0, 0.05) is 37.6 Å². The standard InChI is InChI=1S/C18H20ClN3O3S.ClH/c1-25-16-10-15(20)14(19)9-13(16)18(24)22-5-2-4-21(6-7-22)17(23)12-3-8-26-11-12;/h3,8-11H,2,4-7,20H2,1H3;1H. The number of halogens is 2. The van der Waals surface area contributed by atoms with Crippen LogP contribution in [-0.2, 0) is 0 Å². The van der Waals surface area contributed by atoms with Gasteiger partial charge in [-0.2, -0.15) is 11.3 Å². The molecule has 2 N–H and O–H groups in total. The number of carbonyl (C=O) groups excluding carboxylic acids is 2. The van der Waals surface area contributed by atoms with Gasteiger partial charge in [-0.3, -0.25) is 9.59 Å². The van der Waals surface area contributed by atoms with Crippen LogP contribution in [-0.4, -0.2) is 54.9 Å². The Hall–Kier alpha value is -1.96. The van der Waals surface area contributed by atoms with Crippen molar-refractivity contribution >= 4 is 52.8 Å².